The topological polar surface area (TPSA) is 58.2 Å². The third kappa shape index (κ3) is 4.84. The molecule has 0 radical (unpaired) electrons. The molecule has 2 rings (SSSR count). The third-order valence-corrected chi connectivity index (χ3v) is 4.71. The van der Waals surface area contributed by atoms with Gasteiger partial charge in [0.1, 0.15) is 0 Å². The van der Waals surface area contributed by atoms with Gasteiger partial charge in [-0.1, -0.05) is 13.8 Å². The molecule has 0 saturated heterocycles. The van der Waals surface area contributed by atoms with Gasteiger partial charge in [0.15, 0.2) is 0 Å². The number of carbonyl (C=O) groups excluding carboxylic acids is 2. The summed E-state index contributed by atoms with van der Waals surface area (Å²) in [5.41, 5.74) is 0.924. The first-order valence-corrected chi connectivity index (χ1v) is 8.48. The van der Waals surface area contributed by atoms with Gasteiger partial charge in [0, 0.05) is 12.5 Å². The van der Waals surface area contributed by atoms with E-state index in [0.29, 0.717) is 17.3 Å². The molecule has 0 atom stereocenters. The summed E-state index contributed by atoms with van der Waals surface area (Å²) >= 11 is 1.36. The molecule has 0 aromatic carbocycles. The molecule has 4 nitrogen and oxygen atoms in total. The van der Waals surface area contributed by atoms with Crippen LogP contribution in [0, 0.1) is 18.8 Å². The van der Waals surface area contributed by atoms with Crippen molar-refractivity contribution in [3.05, 3.63) is 16.5 Å². The van der Waals surface area contributed by atoms with Crippen LogP contribution in [0.1, 0.15) is 54.8 Å². The van der Waals surface area contributed by atoms with Gasteiger partial charge in [-0.05, 0) is 50.2 Å². The number of rotatable bonds is 7. The molecule has 0 bridgehead atoms. The Morgan fingerprint density at radius 2 is 2.10 bits per heavy atom. The lowest BCUT2D eigenvalue weighted by Gasteiger charge is -2.06. The first-order valence-electron chi connectivity index (χ1n) is 7.67. The molecule has 1 aliphatic carbocycles. The van der Waals surface area contributed by atoms with E-state index in [4.69, 9.17) is 0 Å². The SMILES string of the molecule is Cc1cc(NC(=O)C2CC2)sc1C(=O)NCCCC(C)C. The van der Waals surface area contributed by atoms with E-state index in [2.05, 4.69) is 24.5 Å². The van der Waals surface area contributed by atoms with E-state index in [0.717, 1.165) is 36.2 Å². The summed E-state index contributed by atoms with van der Waals surface area (Å²) in [5, 5.41) is 6.63. The van der Waals surface area contributed by atoms with Crippen molar-refractivity contribution in [2.45, 2.75) is 46.5 Å². The van der Waals surface area contributed by atoms with Crippen LogP contribution in [0.15, 0.2) is 6.07 Å². The minimum atomic E-state index is -0.0341. The molecule has 1 fully saturated rings. The maximum atomic E-state index is 12.1. The van der Waals surface area contributed by atoms with E-state index in [1.165, 1.54) is 11.3 Å². The number of carbonyl (C=O) groups is 2. The van der Waals surface area contributed by atoms with Crippen LogP contribution in [0.5, 0.6) is 0 Å². The maximum absolute atomic E-state index is 12.1. The minimum Gasteiger partial charge on any atom is -0.351 e. The highest BCUT2D eigenvalue weighted by molar-refractivity contribution is 7.18. The lowest BCUT2D eigenvalue weighted by Crippen LogP contribution is -2.24. The first-order chi connectivity index (χ1) is 9.97. The molecule has 1 aromatic heterocycles. The van der Waals surface area contributed by atoms with Crippen molar-refractivity contribution < 1.29 is 9.59 Å². The number of hydrogen-bond donors (Lipinski definition) is 2. The Hall–Kier alpha value is -1.36. The Morgan fingerprint density at radius 3 is 2.71 bits per heavy atom. The summed E-state index contributed by atoms with van der Waals surface area (Å²) in [4.78, 5) is 24.6. The second-order valence-electron chi connectivity index (χ2n) is 6.18. The van der Waals surface area contributed by atoms with Crippen LogP contribution in [-0.4, -0.2) is 18.4 Å². The average molecular weight is 308 g/mol. The fourth-order valence-electron chi connectivity index (χ4n) is 2.13. The molecule has 0 spiro atoms. The highest BCUT2D eigenvalue weighted by Crippen LogP contribution is 2.32. The molecule has 1 saturated carbocycles. The standard InChI is InChI=1S/C16H24N2O2S/c1-10(2)5-4-8-17-16(20)14-11(3)9-13(21-14)18-15(19)12-6-7-12/h9-10,12H,4-8H2,1-3H3,(H,17,20)(H,18,19). The fourth-order valence-corrected chi connectivity index (χ4v) is 3.12. The highest BCUT2D eigenvalue weighted by Gasteiger charge is 2.30. The van der Waals surface area contributed by atoms with Gasteiger partial charge in [-0.2, -0.15) is 0 Å². The zero-order valence-electron chi connectivity index (χ0n) is 13.0. The van der Waals surface area contributed by atoms with Crippen LogP contribution in [0.2, 0.25) is 0 Å². The number of amides is 2. The molecule has 5 heteroatoms. The summed E-state index contributed by atoms with van der Waals surface area (Å²) < 4.78 is 0. The predicted molar refractivity (Wildman–Crippen MR) is 86.8 cm³/mol. The van der Waals surface area contributed by atoms with E-state index in [1.54, 1.807) is 0 Å². The number of hydrogen-bond acceptors (Lipinski definition) is 3. The van der Waals surface area contributed by atoms with E-state index in [-0.39, 0.29) is 17.7 Å². The quantitative estimate of drug-likeness (QED) is 0.757. The molecule has 2 N–H and O–H groups in total. The van der Waals surface area contributed by atoms with E-state index in [9.17, 15) is 9.59 Å². The predicted octanol–water partition coefficient (Wildman–Crippen LogP) is 3.57. The van der Waals surface area contributed by atoms with Gasteiger partial charge in [0.2, 0.25) is 5.91 Å². The van der Waals surface area contributed by atoms with Gasteiger partial charge in [0.25, 0.3) is 5.91 Å². The monoisotopic (exact) mass is 308 g/mol. The Kier molecular flexibility index (Phi) is 5.39. The Morgan fingerprint density at radius 1 is 1.38 bits per heavy atom. The van der Waals surface area contributed by atoms with Crippen molar-refractivity contribution in [3.63, 3.8) is 0 Å². The van der Waals surface area contributed by atoms with E-state index < -0.39 is 0 Å². The fraction of sp³-hybridized carbons (Fsp3) is 0.625. The molecule has 116 valence electrons. The van der Waals surface area contributed by atoms with Crippen molar-refractivity contribution in [1.82, 2.24) is 5.32 Å². The molecule has 0 unspecified atom stereocenters. The Labute approximate surface area is 130 Å². The Balaban J connectivity index is 1.85. The average Bonchev–Trinajstić information content (AvgIpc) is 3.19. The zero-order valence-corrected chi connectivity index (χ0v) is 13.8. The van der Waals surface area contributed by atoms with E-state index in [1.807, 2.05) is 13.0 Å². The number of nitrogens with one attached hydrogen (secondary N) is 2. The van der Waals surface area contributed by atoms with Crippen LogP contribution in [0.3, 0.4) is 0 Å². The van der Waals surface area contributed by atoms with Crippen molar-refractivity contribution in [1.29, 1.82) is 0 Å². The van der Waals surface area contributed by atoms with Gasteiger partial charge in [-0.3, -0.25) is 9.59 Å². The number of thiophene rings is 1. The van der Waals surface area contributed by atoms with Crippen molar-refractivity contribution in [2.24, 2.45) is 11.8 Å². The molecule has 0 aliphatic heterocycles. The Bertz CT molecular complexity index is 518. The van der Waals surface area contributed by atoms with Crippen LogP contribution < -0.4 is 10.6 Å². The summed E-state index contributed by atoms with van der Waals surface area (Å²) in [6.07, 6.45) is 4.09. The summed E-state index contributed by atoms with van der Waals surface area (Å²) in [7, 11) is 0. The lowest BCUT2D eigenvalue weighted by molar-refractivity contribution is -0.117. The third-order valence-electron chi connectivity index (χ3n) is 3.56. The molecule has 21 heavy (non-hydrogen) atoms. The molecule has 1 aromatic rings. The highest BCUT2D eigenvalue weighted by atomic mass is 32.1. The van der Waals surface area contributed by atoms with Crippen LogP contribution in [-0.2, 0) is 4.79 Å². The summed E-state index contributed by atoms with van der Waals surface area (Å²) in [6.45, 7) is 6.98. The summed E-state index contributed by atoms with van der Waals surface area (Å²) in [6, 6.07) is 1.88. The smallest absolute Gasteiger partial charge is 0.261 e. The van der Waals surface area contributed by atoms with E-state index >= 15 is 0 Å². The molecular weight excluding hydrogens is 284 g/mol. The molecule has 1 aliphatic rings. The van der Waals surface area contributed by atoms with Crippen LogP contribution in [0.4, 0.5) is 5.00 Å². The molecule has 2 amide bonds. The number of anilines is 1. The van der Waals surface area contributed by atoms with Gasteiger partial charge in [-0.25, -0.2) is 0 Å². The van der Waals surface area contributed by atoms with Gasteiger partial charge in [-0.15, -0.1) is 11.3 Å². The van der Waals surface area contributed by atoms with Gasteiger partial charge in [0.05, 0.1) is 9.88 Å². The normalized spacial score (nSPS) is 14.3. The maximum Gasteiger partial charge on any atom is 0.261 e. The first kappa shape index (κ1) is 16.0. The van der Waals surface area contributed by atoms with Gasteiger partial charge < -0.3 is 10.6 Å². The van der Waals surface area contributed by atoms with Crippen LogP contribution >= 0.6 is 11.3 Å². The van der Waals surface area contributed by atoms with Crippen molar-refractivity contribution in [2.75, 3.05) is 11.9 Å². The lowest BCUT2D eigenvalue weighted by atomic mass is 10.1. The zero-order chi connectivity index (χ0) is 15.4. The summed E-state index contributed by atoms with van der Waals surface area (Å²) in [5.74, 6) is 0.892. The number of aryl methyl sites for hydroxylation is 1. The second kappa shape index (κ2) is 7.07. The second-order valence-corrected chi connectivity index (χ2v) is 7.23. The van der Waals surface area contributed by atoms with Crippen molar-refractivity contribution in [3.8, 4) is 0 Å². The minimum absolute atomic E-state index is 0.0341. The molecule has 1 heterocycles. The largest absolute Gasteiger partial charge is 0.351 e. The van der Waals surface area contributed by atoms with Crippen LogP contribution in [0.25, 0.3) is 0 Å². The van der Waals surface area contributed by atoms with Crippen molar-refractivity contribution >= 4 is 28.2 Å². The molecular formula is C16H24N2O2S. The van der Waals surface area contributed by atoms with Gasteiger partial charge >= 0.3 is 0 Å².